The predicted octanol–water partition coefficient (Wildman–Crippen LogP) is 0.470. The van der Waals surface area contributed by atoms with Gasteiger partial charge >= 0.3 is 0 Å². The zero-order valence-corrected chi connectivity index (χ0v) is 13.1. The number of nitrogens with two attached hydrogens (primary N) is 1. The Labute approximate surface area is 125 Å². The van der Waals surface area contributed by atoms with E-state index in [0.717, 1.165) is 11.1 Å². The molecule has 0 aliphatic carbocycles. The first-order valence-electron chi connectivity index (χ1n) is 6.59. The van der Waals surface area contributed by atoms with Gasteiger partial charge < -0.3 is 11.1 Å². The third-order valence-corrected chi connectivity index (χ3v) is 3.83. The van der Waals surface area contributed by atoms with E-state index in [1.54, 1.807) is 12.1 Å². The van der Waals surface area contributed by atoms with E-state index in [2.05, 4.69) is 17.2 Å². The van der Waals surface area contributed by atoms with Crippen LogP contribution in [0.2, 0.25) is 0 Å². The van der Waals surface area contributed by atoms with Crippen LogP contribution in [0, 0.1) is 18.8 Å². The molecule has 1 aromatic carbocycles. The van der Waals surface area contributed by atoms with E-state index in [4.69, 9.17) is 5.73 Å². The molecule has 3 N–H and O–H groups in total. The number of carbonyl (C=O) groups excluding carboxylic acids is 1. The predicted molar refractivity (Wildman–Crippen MR) is 83.8 cm³/mol. The monoisotopic (exact) mass is 308 g/mol. The minimum Gasteiger partial charge on any atom is -0.352 e. The van der Waals surface area contributed by atoms with Gasteiger partial charge in [-0.3, -0.25) is 4.79 Å². The number of aryl methyl sites for hydroxylation is 1. The summed E-state index contributed by atoms with van der Waals surface area (Å²) < 4.78 is 22.0. The molecule has 6 heteroatoms. The summed E-state index contributed by atoms with van der Waals surface area (Å²) >= 11 is 0. The highest BCUT2D eigenvalue weighted by atomic mass is 32.2. The molecule has 0 heterocycles. The molecule has 0 radical (unpaired) electrons. The lowest BCUT2D eigenvalue weighted by Crippen LogP contribution is -2.26. The van der Waals surface area contributed by atoms with Gasteiger partial charge in [-0.25, -0.2) is 8.42 Å². The molecule has 21 heavy (non-hydrogen) atoms. The van der Waals surface area contributed by atoms with Gasteiger partial charge in [0.15, 0.2) is 0 Å². The summed E-state index contributed by atoms with van der Waals surface area (Å²) in [6.07, 6.45) is 1.58. The van der Waals surface area contributed by atoms with E-state index in [1.165, 1.54) is 6.26 Å². The first kappa shape index (κ1) is 17.2. The van der Waals surface area contributed by atoms with E-state index < -0.39 is 9.84 Å². The third-order valence-electron chi connectivity index (χ3n) is 2.80. The first-order chi connectivity index (χ1) is 9.83. The van der Waals surface area contributed by atoms with Crippen molar-refractivity contribution in [2.75, 3.05) is 25.1 Å². The van der Waals surface area contributed by atoms with Crippen molar-refractivity contribution in [3.63, 3.8) is 0 Å². The van der Waals surface area contributed by atoms with Crippen LogP contribution in [-0.4, -0.2) is 39.4 Å². The van der Waals surface area contributed by atoms with Crippen molar-refractivity contribution in [1.29, 1.82) is 0 Å². The van der Waals surface area contributed by atoms with Crippen LogP contribution in [0.1, 0.15) is 27.9 Å². The molecule has 5 nitrogen and oxygen atoms in total. The molecule has 1 aromatic rings. The van der Waals surface area contributed by atoms with Crippen LogP contribution >= 0.6 is 0 Å². The van der Waals surface area contributed by atoms with Gasteiger partial charge in [0.1, 0.15) is 9.84 Å². The fourth-order valence-electron chi connectivity index (χ4n) is 1.68. The summed E-state index contributed by atoms with van der Waals surface area (Å²) in [7, 11) is -2.99. The Morgan fingerprint density at radius 1 is 1.38 bits per heavy atom. The Morgan fingerprint density at radius 2 is 2.10 bits per heavy atom. The topological polar surface area (TPSA) is 89.3 Å². The lowest BCUT2D eigenvalue weighted by Gasteiger charge is -2.06. The van der Waals surface area contributed by atoms with Crippen molar-refractivity contribution in [1.82, 2.24) is 5.32 Å². The molecule has 0 fully saturated rings. The molecular weight excluding hydrogens is 288 g/mol. The SMILES string of the molecule is Cc1ccc(C(=O)NCCCS(C)(=O)=O)cc1C#CCN. The third kappa shape index (κ3) is 6.43. The molecule has 0 aliphatic rings. The van der Waals surface area contributed by atoms with Gasteiger partial charge in [0.05, 0.1) is 12.3 Å². The van der Waals surface area contributed by atoms with Crippen molar-refractivity contribution in [3.8, 4) is 11.8 Å². The van der Waals surface area contributed by atoms with Gasteiger partial charge in [0, 0.05) is 23.9 Å². The summed E-state index contributed by atoms with van der Waals surface area (Å²) in [5.41, 5.74) is 7.58. The second kappa shape index (κ2) is 7.81. The van der Waals surface area contributed by atoms with Crippen LogP contribution in [0.3, 0.4) is 0 Å². The van der Waals surface area contributed by atoms with Gasteiger partial charge in [-0.15, -0.1) is 0 Å². The molecular formula is C15H20N2O3S. The van der Waals surface area contributed by atoms with E-state index >= 15 is 0 Å². The standard InChI is InChI=1S/C15H20N2O3S/c1-12-6-7-14(11-13(12)5-3-8-16)15(18)17-9-4-10-21(2,19)20/h6-7,11H,4,8-10,16H2,1-2H3,(H,17,18). The normalized spacial score (nSPS) is 10.6. The van der Waals surface area contributed by atoms with Crippen molar-refractivity contribution in [3.05, 3.63) is 34.9 Å². The first-order valence-corrected chi connectivity index (χ1v) is 8.65. The number of rotatable bonds is 5. The van der Waals surface area contributed by atoms with Crippen molar-refractivity contribution >= 4 is 15.7 Å². The van der Waals surface area contributed by atoms with Gasteiger partial charge in [0.2, 0.25) is 0 Å². The Morgan fingerprint density at radius 3 is 2.71 bits per heavy atom. The highest BCUT2D eigenvalue weighted by molar-refractivity contribution is 7.90. The van der Waals surface area contributed by atoms with Crippen LogP contribution in [-0.2, 0) is 9.84 Å². The number of amides is 1. The summed E-state index contributed by atoms with van der Waals surface area (Å²) in [6, 6.07) is 5.25. The summed E-state index contributed by atoms with van der Waals surface area (Å²) in [6.45, 7) is 2.50. The van der Waals surface area contributed by atoms with Crippen LogP contribution < -0.4 is 11.1 Å². The van der Waals surface area contributed by atoms with Gasteiger partial charge in [-0.2, -0.15) is 0 Å². The summed E-state index contributed by atoms with van der Waals surface area (Å²) in [4.78, 5) is 12.0. The highest BCUT2D eigenvalue weighted by Gasteiger charge is 2.08. The Bertz CT molecular complexity index is 670. The lowest BCUT2D eigenvalue weighted by molar-refractivity contribution is 0.0953. The quantitative estimate of drug-likeness (QED) is 0.611. The van der Waals surface area contributed by atoms with Gasteiger partial charge in [0.25, 0.3) is 5.91 Å². The summed E-state index contributed by atoms with van der Waals surface area (Å²) in [5.74, 6) is 5.51. The van der Waals surface area contributed by atoms with Crippen LogP contribution in [0.25, 0.3) is 0 Å². The van der Waals surface area contributed by atoms with Crippen LogP contribution in [0.5, 0.6) is 0 Å². The second-order valence-corrected chi connectivity index (χ2v) is 7.03. The van der Waals surface area contributed by atoms with E-state index in [1.807, 2.05) is 13.0 Å². The maximum absolute atomic E-state index is 12.0. The van der Waals surface area contributed by atoms with Crippen LogP contribution in [0.4, 0.5) is 0 Å². The minimum absolute atomic E-state index is 0.0639. The Balaban J connectivity index is 2.66. The van der Waals surface area contributed by atoms with Crippen LogP contribution in [0.15, 0.2) is 18.2 Å². The molecule has 1 rings (SSSR count). The average Bonchev–Trinajstić information content (AvgIpc) is 2.41. The second-order valence-electron chi connectivity index (χ2n) is 4.77. The molecule has 1 amide bonds. The van der Waals surface area contributed by atoms with Crippen molar-refractivity contribution in [2.24, 2.45) is 5.73 Å². The minimum atomic E-state index is -2.99. The van der Waals surface area contributed by atoms with Crippen molar-refractivity contribution < 1.29 is 13.2 Å². The molecule has 0 bridgehead atoms. The van der Waals surface area contributed by atoms with Gasteiger partial charge in [-0.1, -0.05) is 17.9 Å². The summed E-state index contributed by atoms with van der Waals surface area (Å²) in [5, 5.41) is 2.70. The number of nitrogens with one attached hydrogen (secondary N) is 1. The number of carbonyl (C=O) groups is 1. The molecule has 0 aliphatic heterocycles. The fraction of sp³-hybridized carbons (Fsp3) is 0.400. The Hall–Kier alpha value is -1.84. The fourth-order valence-corrected chi connectivity index (χ4v) is 2.35. The van der Waals surface area contributed by atoms with Crippen molar-refractivity contribution in [2.45, 2.75) is 13.3 Å². The molecule has 0 unspecified atom stereocenters. The number of benzene rings is 1. The Kier molecular flexibility index (Phi) is 6.40. The molecule has 0 saturated heterocycles. The van der Waals surface area contributed by atoms with E-state index in [9.17, 15) is 13.2 Å². The average molecular weight is 308 g/mol. The largest absolute Gasteiger partial charge is 0.352 e. The molecule has 0 spiro atoms. The number of hydrogen-bond acceptors (Lipinski definition) is 4. The number of sulfone groups is 1. The number of hydrogen-bond donors (Lipinski definition) is 2. The maximum atomic E-state index is 12.0. The highest BCUT2D eigenvalue weighted by Crippen LogP contribution is 2.10. The van der Waals surface area contributed by atoms with E-state index in [0.29, 0.717) is 18.5 Å². The zero-order chi connectivity index (χ0) is 15.9. The molecule has 0 saturated carbocycles. The lowest BCUT2D eigenvalue weighted by atomic mass is 10.0. The van der Waals surface area contributed by atoms with Gasteiger partial charge in [-0.05, 0) is 31.0 Å². The van der Waals surface area contributed by atoms with E-state index in [-0.39, 0.29) is 18.2 Å². The molecule has 0 atom stereocenters. The molecule has 0 aromatic heterocycles. The zero-order valence-electron chi connectivity index (χ0n) is 12.3. The molecule has 114 valence electrons. The smallest absolute Gasteiger partial charge is 0.251 e. The maximum Gasteiger partial charge on any atom is 0.251 e.